The maximum absolute atomic E-state index is 4.17. The van der Waals surface area contributed by atoms with E-state index < -0.39 is 0 Å². The molecule has 1 rings (SSSR count). The van der Waals surface area contributed by atoms with Gasteiger partial charge in [0.2, 0.25) is 0 Å². The van der Waals surface area contributed by atoms with Gasteiger partial charge in [0.25, 0.3) is 0 Å². The summed E-state index contributed by atoms with van der Waals surface area (Å²) in [5.41, 5.74) is 1.91. The predicted molar refractivity (Wildman–Crippen MR) is 57.9 cm³/mol. The summed E-state index contributed by atoms with van der Waals surface area (Å²) in [6.07, 6.45) is 6.81. The van der Waals surface area contributed by atoms with E-state index in [4.69, 9.17) is 0 Å². The molecule has 74 valence electrons. The number of allylic oxidation sites excluding steroid dienone is 1. The molecule has 0 spiro atoms. The van der Waals surface area contributed by atoms with Crippen LogP contribution in [-0.2, 0) is 0 Å². The molecule has 0 aliphatic heterocycles. The first-order chi connectivity index (χ1) is 6.04. The highest BCUT2D eigenvalue weighted by molar-refractivity contribution is 5.56. The third-order valence-electron chi connectivity index (χ3n) is 2.71. The van der Waals surface area contributed by atoms with Crippen molar-refractivity contribution in [1.82, 2.24) is 5.01 Å². The molecule has 1 unspecified atom stereocenters. The number of hydrogen-bond acceptors (Lipinski definition) is 2. The molecule has 1 aliphatic rings. The highest BCUT2D eigenvalue weighted by atomic mass is 15.4. The van der Waals surface area contributed by atoms with Crippen molar-refractivity contribution in [3.05, 3.63) is 12.2 Å². The SMILES string of the molecule is C=C1CC1(C)CCC/C=N/N(C)C. The Morgan fingerprint density at radius 1 is 1.62 bits per heavy atom. The lowest BCUT2D eigenvalue weighted by molar-refractivity contribution is 0.437. The average Bonchev–Trinajstić information content (AvgIpc) is 2.58. The molecule has 1 atom stereocenters. The monoisotopic (exact) mass is 180 g/mol. The van der Waals surface area contributed by atoms with E-state index in [1.807, 2.05) is 25.3 Å². The van der Waals surface area contributed by atoms with Crippen molar-refractivity contribution in [1.29, 1.82) is 0 Å². The maximum Gasteiger partial charge on any atom is 0.0244 e. The zero-order valence-electron chi connectivity index (χ0n) is 9.01. The van der Waals surface area contributed by atoms with Gasteiger partial charge < -0.3 is 5.01 Å². The molecule has 0 bridgehead atoms. The first-order valence-corrected chi connectivity index (χ1v) is 4.93. The zero-order chi connectivity index (χ0) is 9.90. The average molecular weight is 180 g/mol. The molecule has 1 fully saturated rings. The molecule has 13 heavy (non-hydrogen) atoms. The maximum atomic E-state index is 4.17. The molecule has 2 nitrogen and oxygen atoms in total. The predicted octanol–water partition coefficient (Wildman–Crippen LogP) is 2.67. The summed E-state index contributed by atoms with van der Waals surface area (Å²) >= 11 is 0. The summed E-state index contributed by atoms with van der Waals surface area (Å²) in [4.78, 5) is 0. The van der Waals surface area contributed by atoms with E-state index in [9.17, 15) is 0 Å². The van der Waals surface area contributed by atoms with Gasteiger partial charge in [0.15, 0.2) is 0 Å². The molecule has 2 heteroatoms. The van der Waals surface area contributed by atoms with Crippen molar-refractivity contribution in [2.75, 3.05) is 14.1 Å². The molecular formula is C11H20N2. The number of hydrazone groups is 1. The number of hydrogen-bond donors (Lipinski definition) is 0. The van der Waals surface area contributed by atoms with E-state index in [0.29, 0.717) is 5.41 Å². The minimum Gasteiger partial charge on any atom is -0.303 e. The van der Waals surface area contributed by atoms with E-state index >= 15 is 0 Å². The third-order valence-corrected chi connectivity index (χ3v) is 2.71. The van der Waals surface area contributed by atoms with E-state index in [2.05, 4.69) is 18.6 Å². The van der Waals surface area contributed by atoms with Gasteiger partial charge in [-0.1, -0.05) is 19.1 Å². The van der Waals surface area contributed by atoms with Gasteiger partial charge in [-0.3, -0.25) is 0 Å². The normalized spacial score (nSPS) is 26.8. The summed E-state index contributed by atoms with van der Waals surface area (Å²) in [6, 6.07) is 0. The van der Waals surface area contributed by atoms with E-state index in [-0.39, 0.29) is 0 Å². The fourth-order valence-electron chi connectivity index (χ4n) is 1.50. The Bertz CT molecular complexity index is 218. The molecule has 0 N–H and O–H groups in total. The van der Waals surface area contributed by atoms with E-state index in [1.54, 1.807) is 0 Å². The van der Waals surface area contributed by atoms with Crippen LogP contribution in [0, 0.1) is 5.41 Å². The summed E-state index contributed by atoms with van der Waals surface area (Å²) in [5.74, 6) is 0. The molecule has 0 heterocycles. The second kappa shape index (κ2) is 3.95. The highest BCUT2D eigenvalue weighted by Gasteiger charge is 2.41. The molecular weight excluding hydrogens is 160 g/mol. The van der Waals surface area contributed by atoms with Gasteiger partial charge in [-0.25, -0.2) is 0 Å². The van der Waals surface area contributed by atoms with Crippen LogP contribution in [0.5, 0.6) is 0 Å². The number of nitrogens with zero attached hydrogens (tertiary/aromatic N) is 2. The van der Waals surface area contributed by atoms with Crippen LogP contribution in [0.4, 0.5) is 0 Å². The van der Waals surface area contributed by atoms with Crippen molar-refractivity contribution in [2.45, 2.75) is 32.6 Å². The number of rotatable bonds is 5. The Kier molecular flexibility index (Phi) is 3.12. The standard InChI is InChI=1S/C11H20N2/c1-10-9-11(10,2)7-5-6-8-12-13(3)4/h8H,1,5-7,9H2,2-4H3/b12-8+. The van der Waals surface area contributed by atoms with E-state index in [0.717, 1.165) is 6.42 Å². The van der Waals surface area contributed by atoms with Crippen LogP contribution >= 0.6 is 0 Å². The lowest BCUT2D eigenvalue weighted by Crippen LogP contribution is -2.01. The lowest BCUT2D eigenvalue weighted by Gasteiger charge is -2.05. The van der Waals surface area contributed by atoms with Gasteiger partial charge >= 0.3 is 0 Å². The van der Waals surface area contributed by atoms with Crippen molar-refractivity contribution < 1.29 is 0 Å². The molecule has 0 aromatic heterocycles. The minimum absolute atomic E-state index is 0.478. The first-order valence-electron chi connectivity index (χ1n) is 4.93. The first kappa shape index (κ1) is 10.3. The lowest BCUT2D eigenvalue weighted by atomic mass is 10.0. The van der Waals surface area contributed by atoms with Gasteiger partial charge in [0.1, 0.15) is 0 Å². The highest BCUT2D eigenvalue weighted by Crippen LogP contribution is 2.53. The Labute approximate surface area is 81.3 Å². The van der Waals surface area contributed by atoms with Crippen molar-refractivity contribution in [2.24, 2.45) is 10.5 Å². The van der Waals surface area contributed by atoms with Crippen LogP contribution in [0.3, 0.4) is 0 Å². The summed E-state index contributed by atoms with van der Waals surface area (Å²) in [5, 5.41) is 6.00. The Morgan fingerprint density at radius 2 is 2.23 bits per heavy atom. The summed E-state index contributed by atoms with van der Waals surface area (Å²) in [7, 11) is 3.89. The van der Waals surface area contributed by atoms with Gasteiger partial charge in [-0.2, -0.15) is 5.10 Å². The fourth-order valence-corrected chi connectivity index (χ4v) is 1.50. The van der Waals surface area contributed by atoms with Crippen LogP contribution < -0.4 is 0 Å². The fraction of sp³-hybridized carbons (Fsp3) is 0.727. The summed E-state index contributed by atoms with van der Waals surface area (Å²) in [6.45, 7) is 6.31. The molecule has 0 aromatic carbocycles. The van der Waals surface area contributed by atoms with Crippen LogP contribution in [0.1, 0.15) is 32.6 Å². The molecule has 0 aromatic rings. The molecule has 0 saturated heterocycles. The zero-order valence-corrected chi connectivity index (χ0v) is 9.01. The van der Waals surface area contributed by atoms with Crippen LogP contribution in [-0.4, -0.2) is 25.3 Å². The molecule has 1 aliphatic carbocycles. The largest absolute Gasteiger partial charge is 0.303 e. The topological polar surface area (TPSA) is 15.6 Å². The Hall–Kier alpha value is -0.790. The number of unbranched alkanes of at least 4 members (excludes halogenated alkanes) is 1. The quantitative estimate of drug-likeness (QED) is 0.275. The Morgan fingerprint density at radius 3 is 2.69 bits per heavy atom. The molecule has 1 saturated carbocycles. The van der Waals surface area contributed by atoms with Gasteiger partial charge in [-0.15, -0.1) is 0 Å². The van der Waals surface area contributed by atoms with Crippen molar-refractivity contribution >= 4 is 6.21 Å². The third kappa shape index (κ3) is 3.21. The molecule has 0 radical (unpaired) electrons. The van der Waals surface area contributed by atoms with Crippen LogP contribution in [0.25, 0.3) is 0 Å². The van der Waals surface area contributed by atoms with Gasteiger partial charge in [-0.05, 0) is 31.1 Å². The minimum atomic E-state index is 0.478. The van der Waals surface area contributed by atoms with Crippen molar-refractivity contribution in [3.63, 3.8) is 0 Å². The Balaban J connectivity index is 2.05. The molecule has 0 amide bonds. The van der Waals surface area contributed by atoms with Crippen molar-refractivity contribution in [3.8, 4) is 0 Å². The van der Waals surface area contributed by atoms with E-state index in [1.165, 1.54) is 24.8 Å². The summed E-state index contributed by atoms with van der Waals surface area (Å²) < 4.78 is 0. The van der Waals surface area contributed by atoms with Gasteiger partial charge in [0, 0.05) is 20.3 Å². The second-order valence-corrected chi connectivity index (χ2v) is 4.38. The second-order valence-electron chi connectivity index (χ2n) is 4.38. The van der Waals surface area contributed by atoms with Crippen LogP contribution in [0.2, 0.25) is 0 Å². The van der Waals surface area contributed by atoms with Gasteiger partial charge in [0.05, 0.1) is 0 Å². The van der Waals surface area contributed by atoms with Crippen LogP contribution in [0.15, 0.2) is 17.3 Å². The smallest absolute Gasteiger partial charge is 0.0244 e.